The zero-order chi connectivity index (χ0) is 25.7. The number of imide groups is 1. The Hall–Kier alpha value is -3.44. The van der Waals surface area contributed by atoms with E-state index in [1.807, 2.05) is 37.3 Å². The van der Waals surface area contributed by atoms with E-state index in [0.29, 0.717) is 22.4 Å². The first-order valence-electron chi connectivity index (χ1n) is 10.9. The Morgan fingerprint density at radius 3 is 2.42 bits per heavy atom. The van der Waals surface area contributed by atoms with Gasteiger partial charge in [-0.2, -0.15) is 5.26 Å². The standard InChI is InChI=1S/C27H20Cl2N2O4S/c1-17-6-8-21(9-7-17)34-11-10-31-26(32)24(36-27(31)33)14-18-12-22(28)25(23(29)13-18)35-16-20-5-3-2-4-19(20)15-30/h2-9,12-14H,10-11,16H2,1H3/b24-14-. The van der Waals surface area contributed by atoms with Crippen molar-refractivity contribution >= 4 is 52.2 Å². The number of halogens is 2. The maximum atomic E-state index is 12.8. The smallest absolute Gasteiger partial charge is 0.293 e. The van der Waals surface area contributed by atoms with Gasteiger partial charge in [0.15, 0.2) is 5.75 Å². The molecule has 0 bridgehead atoms. The van der Waals surface area contributed by atoms with E-state index < -0.39 is 5.91 Å². The molecule has 1 saturated heterocycles. The van der Waals surface area contributed by atoms with Gasteiger partial charge in [0.2, 0.25) is 0 Å². The molecule has 36 heavy (non-hydrogen) atoms. The van der Waals surface area contributed by atoms with Crippen molar-refractivity contribution in [2.24, 2.45) is 0 Å². The summed E-state index contributed by atoms with van der Waals surface area (Å²) in [7, 11) is 0. The van der Waals surface area contributed by atoms with Crippen molar-refractivity contribution in [1.82, 2.24) is 4.90 Å². The van der Waals surface area contributed by atoms with Gasteiger partial charge in [-0.05, 0) is 60.7 Å². The molecule has 9 heteroatoms. The predicted molar refractivity (Wildman–Crippen MR) is 141 cm³/mol. The van der Waals surface area contributed by atoms with Crippen molar-refractivity contribution in [2.45, 2.75) is 13.5 Å². The van der Waals surface area contributed by atoms with Crippen LogP contribution in [0.3, 0.4) is 0 Å². The van der Waals surface area contributed by atoms with E-state index in [1.54, 1.807) is 36.4 Å². The summed E-state index contributed by atoms with van der Waals surface area (Å²) >= 11 is 13.6. The fourth-order valence-corrected chi connectivity index (χ4v) is 4.92. The van der Waals surface area contributed by atoms with Crippen molar-refractivity contribution < 1.29 is 19.1 Å². The van der Waals surface area contributed by atoms with Crippen LogP contribution >= 0.6 is 35.0 Å². The molecule has 0 radical (unpaired) electrons. The fraction of sp³-hybridized carbons (Fsp3) is 0.148. The Kier molecular flexibility index (Phi) is 8.21. The van der Waals surface area contributed by atoms with Crippen LogP contribution < -0.4 is 9.47 Å². The van der Waals surface area contributed by atoms with Crippen molar-refractivity contribution in [2.75, 3.05) is 13.2 Å². The zero-order valence-corrected chi connectivity index (χ0v) is 21.5. The third-order valence-corrected chi connectivity index (χ3v) is 6.78. The number of carbonyl (C=O) groups is 2. The summed E-state index contributed by atoms with van der Waals surface area (Å²) in [5.74, 6) is 0.536. The van der Waals surface area contributed by atoms with Crippen LogP contribution in [0.4, 0.5) is 4.79 Å². The van der Waals surface area contributed by atoms with Crippen LogP contribution in [0.5, 0.6) is 11.5 Å². The second-order valence-corrected chi connectivity index (χ2v) is 9.67. The van der Waals surface area contributed by atoms with Crippen molar-refractivity contribution in [3.63, 3.8) is 0 Å². The minimum Gasteiger partial charge on any atom is -0.492 e. The summed E-state index contributed by atoms with van der Waals surface area (Å²) in [5, 5.41) is 9.36. The topological polar surface area (TPSA) is 79.6 Å². The van der Waals surface area contributed by atoms with Crippen LogP contribution in [0.25, 0.3) is 6.08 Å². The lowest BCUT2D eigenvalue weighted by molar-refractivity contribution is -0.123. The number of nitriles is 1. The molecule has 1 aliphatic heterocycles. The molecule has 3 aromatic carbocycles. The molecule has 0 saturated carbocycles. The molecular formula is C27H20Cl2N2O4S. The zero-order valence-electron chi connectivity index (χ0n) is 19.2. The number of thioether (sulfide) groups is 1. The molecule has 6 nitrogen and oxygen atoms in total. The van der Waals surface area contributed by atoms with E-state index in [-0.39, 0.29) is 45.7 Å². The van der Waals surface area contributed by atoms with Gasteiger partial charge in [-0.1, -0.05) is 59.1 Å². The molecule has 4 rings (SSSR count). The van der Waals surface area contributed by atoms with Crippen LogP contribution in [-0.4, -0.2) is 29.2 Å². The predicted octanol–water partition coefficient (Wildman–Crippen LogP) is 6.87. The SMILES string of the molecule is Cc1ccc(OCCN2C(=O)S/C(=C\c3cc(Cl)c(OCc4ccccc4C#N)c(Cl)c3)C2=O)cc1. The third kappa shape index (κ3) is 6.03. The van der Waals surface area contributed by atoms with Gasteiger partial charge in [-0.25, -0.2) is 0 Å². The average molecular weight is 539 g/mol. The lowest BCUT2D eigenvalue weighted by Crippen LogP contribution is -2.32. The van der Waals surface area contributed by atoms with Gasteiger partial charge in [0, 0.05) is 5.56 Å². The third-order valence-electron chi connectivity index (χ3n) is 5.31. The molecular weight excluding hydrogens is 519 g/mol. The maximum absolute atomic E-state index is 12.8. The van der Waals surface area contributed by atoms with E-state index in [1.165, 1.54) is 0 Å². The summed E-state index contributed by atoms with van der Waals surface area (Å²) < 4.78 is 11.4. The monoisotopic (exact) mass is 538 g/mol. The number of nitrogens with zero attached hydrogens (tertiary/aromatic N) is 2. The van der Waals surface area contributed by atoms with Gasteiger partial charge < -0.3 is 9.47 Å². The van der Waals surface area contributed by atoms with E-state index in [4.69, 9.17) is 32.7 Å². The van der Waals surface area contributed by atoms with Gasteiger partial charge in [-0.15, -0.1) is 0 Å². The summed E-state index contributed by atoms with van der Waals surface area (Å²) in [6.07, 6.45) is 1.57. The largest absolute Gasteiger partial charge is 0.492 e. The molecule has 2 amide bonds. The Labute approximate surface area is 223 Å². The quantitative estimate of drug-likeness (QED) is 0.291. The summed E-state index contributed by atoms with van der Waals surface area (Å²) in [5.41, 5.74) is 2.87. The lowest BCUT2D eigenvalue weighted by Gasteiger charge is -2.13. The first-order chi connectivity index (χ1) is 17.4. The molecule has 0 spiro atoms. The highest BCUT2D eigenvalue weighted by Gasteiger charge is 2.34. The first kappa shape index (κ1) is 25.6. The van der Waals surface area contributed by atoms with E-state index in [2.05, 4.69) is 6.07 Å². The normalized spacial score (nSPS) is 14.3. The average Bonchev–Trinajstić information content (AvgIpc) is 3.12. The van der Waals surface area contributed by atoms with Crippen molar-refractivity contribution in [1.29, 1.82) is 5.26 Å². The molecule has 1 heterocycles. The van der Waals surface area contributed by atoms with Crippen LogP contribution in [0.15, 0.2) is 65.6 Å². The number of amides is 2. The first-order valence-corrected chi connectivity index (χ1v) is 12.5. The van der Waals surface area contributed by atoms with Crippen molar-refractivity contribution in [3.05, 3.63) is 97.9 Å². The number of hydrogen-bond acceptors (Lipinski definition) is 6. The molecule has 1 aliphatic rings. The summed E-state index contributed by atoms with van der Waals surface area (Å²) in [4.78, 5) is 26.6. The summed E-state index contributed by atoms with van der Waals surface area (Å²) in [6, 6.07) is 19.9. The van der Waals surface area contributed by atoms with Crippen LogP contribution in [0.2, 0.25) is 10.0 Å². The highest BCUT2D eigenvalue weighted by atomic mass is 35.5. The second-order valence-electron chi connectivity index (χ2n) is 7.87. The highest BCUT2D eigenvalue weighted by Crippen LogP contribution is 2.38. The van der Waals surface area contributed by atoms with E-state index in [9.17, 15) is 14.9 Å². The van der Waals surface area contributed by atoms with Crippen LogP contribution in [0, 0.1) is 18.3 Å². The second kappa shape index (κ2) is 11.5. The number of aryl methyl sites for hydroxylation is 1. The molecule has 0 aromatic heterocycles. The van der Waals surface area contributed by atoms with Gasteiger partial charge in [0.1, 0.15) is 19.0 Å². The molecule has 0 unspecified atom stereocenters. The number of rotatable bonds is 8. The van der Waals surface area contributed by atoms with Crippen LogP contribution in [0.1, 0.15) is 22.3 Å². The maximum Gasteiger partial charge on any atom is 0.293 e. The molecule has 182 valence electrons. The van der Waals surface area contributed by atoms with Gasteiger partial charge in [0.05, 0.1) is 33.1 Å². The molecule has 0 atom stereocenters. The number of benzene rings is 3. The molecule has 0 N–H and O–H groups in total. The molecule has 1 fully saturated rings. The van der Waals surface area contributed by atoms with Gasteiger partial charge >= 0.3 is 0 Å². The number of hydrogen-bond donors (Lipinski definition) is 0. The minimum atomic E-state index is -0.404. The Morgan fingerprint density at radius 2 is 1.72 bits per heavy atom. The van der Waals surface area contributed by atoms with Gasteiger partial charge in [-0.3, -0.25) is 14.5 Å². The summed E-state index contributed by atoms with van der Waals surface area (Å²) in [6.45, 7) is 2.42. The van der Waals surface area contributed by atoms with E-state index >= 15 is 0 Å². The highest BCUT2D eigenvalue weighted by molar-refractivity contribution is 8.18. The Bertz CT molecular complexity index is 1360. The number of ether oxygens (including phenoxy) is 2. The number of carbonyl (C=O) groups excluding carboxylic acids is 2. The Morgan fingerprint density at radius 1 is 1.03 bits per heavy atom. The Balaban J connectivity index is 1.42. The lowest BCUT2D eigenvalue weighted by atomic mass is 10.1. The van der Waals surface area contributed by atoms with Gasteiger partial charge in [0.25, 0.3) is 11.1 Å². The molecule has 3 aromatic rings. The molecule has 0 aliphatic carbocycles. The van der Waals surface area contributed by atoms with Crippen LogP contribution in [-0.2, 0) is 11.4 Å². The fourth-order valence-electron chi connectivity index (χ4n) is 3.44. The minimum absolute atomic E-state index is 0.117. The van der Waals surface area contributed by atoms with Crippen molar-refractivity contribution in [3.8, 4) is 17.6 Å². The van der Waals surface area contributed by atoms with E-state index in [0.717, 1.165) is 22.2 Å².